The Bertz CT molecular complexity index is 1090. The Morgan fingerprint density at radius 2 is 1.61 bits per heavy atom. The zero-order valence-electron chi connectivity index (χ0n) is 17.5. The Kier molecular flexibility index (Phi) is 8.01. The monoisotopic (exact) mass is 457 g/mol. The molecule has 2 aromatic carbocycles. The largest absolute Gasteiger partial charge is 0.481 e. The molecule has 0 radical (unpaired) electrons. The molecule has 0 saturated heterocycles. The maximum Gasteiger partial charge on any atom is 0.307 e. The minimum atomic E-state index is -3.68. The van der Waals surface area contributed by atoms with Crippen molar-refractivity contribution < 1.29 is 18.3 Å². The van der Waals surface area contributed by atoms with E-state index in [2.05, 4.69) is 19.1 Å². The molecule has 1 heterocycles. The van der Waals surface area contributed by atoms with Gasteiger partial charge >= 0.3 is 5.97 Å². The summed E-state index contributed by atoms with van der Waals surface area (Å²) in [7, 11) is -3.68. The van der Waals surface area contributed by atoms with E-state index in [1.54, 1.807) is 35.7 Å². The second-order valence-corrected chi connectivity index (χ2v) is 10.6. The zero-order valence-corrected chi connectivity index (χ0v) is 19.2. The quantitative estimate of drug-likeness (QED) is 0.434. The van der Waals surface area contributed by atoms with Gasteiger partial charge in [0, 0.05) is 13.1 Å². The molecule has 0 bridgehead atoms. The molecule has 0 aliphatic rings. The molecule has 7 heteroatoms. The Balaban J connectivity index is 1.86. The average Bonchev–Trinajstić information content (AvgIpc) is 3.28. The number of sulfonamides is 1. The van der Waals surface area contributed by atoms with Gasteiger partial charge in [0.2, 0.25) is 0 Å². The molecule has 164 valence electrons. The zero-order chi connectivity index (χ0) is 22.3. The fourth-order valence-corrected chi connectivity index (χ4v) is 5.94. The molecule has 0 atom stereocenters. The lowest BCUT2D eigenvalue weighted by Gasteiger charge is -2.22. The van der Waals surface area contributed by atoms with Crippen LogP contribution in [0.25, 0.3) is 0 Å². The molecule has 0 amide bonds. The van der Waals surface area contributed by atoms with Crippen molar-refractivity contribution in [2.45, 2.75) is 49.9 Å². The van der Waals surface area contributed by atoms with E-state index in [1.165, 1.54) is 21.2 Å². The molecule has 0 spiro atoms. The van der Waals surface area contributed by atoms with Crippen molar-refractivity contribution in [3.8, 4) is 0 Å². The summed E-state index contributed by atoms with van der Waals surface area (Å²) < 4.78 is 28.4. The van der Waals surface area contributed by atoms with Gasteiger partial charge in [-0.1, -0.05) is 67.9 Å². The van der Waals surface area contributed by atoms with Gasteiger partial charge in [0.25, 0.3) is 10.0 Å². The van der Waals surface area contributed by atoms with Crippen molar-refractivity contribution in [1.29, 1.82) is 0 Å². The van der Waals surface area contributed by atoms with Crippen LogP contribution in [0.1, 0.15) is 42.0 Å². The number of unbranched alkanes of at least 4 members (excludes halogenated alkanes) is 1. The van der Waals surface area contributed by atoms with Crippen molar-refractivity contribution in [2.24, 2.45) is 0 Å². The van der Waals surface area contributed by atoms with Crippen LogP contribution >= 0.6 is 11.3 Å². The first-order chi connectivity index (χ1) is 14.9. The number of rotatable bonds is 11. The summed E-state index contributed by atoms with van der Waals surface area (Å²) in [6.07, 6.45) is 3.19. The van der Waals surface area contributed by atoms with Gasteiger partial charge in [-0.25, -0.2) is 8.42 Å². The fourth-order valence-electron chi connectivity index (χ4n) is 3.38. The van der Waals surface area contributed by atoms with Crippen molar-refractivity contribution in [3.63, 3.8) is 0 Å². The highest BCUT2D eigenvalue weighted by atomic mass is 32.2. The van der Waals surface area contributed by atoms with Gasteiger partial charge in [-0.05, 0) is 46.5 Å². The Morgan fingerprint density at radius 1 is 0.935 bits per heavy atom. The average molecular weight is 458 g/mol. The minimum absolute atomic E-state index is 0.0925. The highest BCUT2D eigenvalue weighted by molar-refractivity contribution is 7.91. The molecule has 3 aromatic rings. The Hall–Kier alpha value is -2.48. The third kappa shape index (κ3) is 6.50. The van der Waals surface area contributed by atoms with E-state index < -0.39 is 16.0 Å². The normalized spacial score (nSPS) is 11.7. The van der Waals surface area contributed by atoms with Crippen LogP contribution in [0, 0.1) is 0 Å². The summed E-state index contributed by atoms with van der Waals surface area (Å²) in [6, 6.07) is 18.5. The van der Waals surface area contributed by atoms with Crippen molar-refractivity contribution >= 4 is 27.3 Å². The number of carbonyl (C=O) groups is 1. The number of hydrogen-bond acceptors (Lipinski definition) is 4. The fraction of sp³-hybridized carbons (Fsp3) is 0.292. The van der Waals surface area contributed by atoms with Gasteiger partial charge < -0.3 is 5.11 Å². The highest BCUT2D eigenvalue weighted by Gasteiger charge is 2.26. The minimum Gasteiger partial charge on any atom is -0.481 e. The van der Waals surface area contributed by atoms with Crippen molar-refractivity contribution in [1.82, 2.24) is 4.31 Å². The van der Waals surface area contributed by atoms with E-state index in [1.807, 2.05) is 18.2 Å². The maximum absolute atomic E-state index is 13.3. The van der Waals surface area contributed by atoms with Gasteiger partial charge in [-0.3, -0.25) is 4.79 Å². The highest BCUT2D eigenvalue weighted by Crippen LogP contribution is 2.25. The molecule has 0 unspecified atom stereocenters. The first-order valence-corrected chi connectivity index (χ1v) is 12.6. The molecule has 3 rings (SSSR count). The molecule has 1 aromatic heterocycles. The standard InChI is InChI=1S/C24H27NO4S2/c1-2-3-6-19-10-12-20(13-11-19)17-25(31(28,29)24-9-5-14-30-24)18-22-8-4-7-21(15-22)16-23(26)27/h4-5,7-15H,2-3,6,16-18H2,1H3,(H,26,27). The topological polar surface area (TPSA) is 74.7 Å². The number of carboxylic acids is 1. The lowest BCUT2D eigenvalue weighted by atomic mass is 10.1. The van der Waals surface area contributed by atoms with E-state index in [-0.39, 0.29) is 19.5 Å². The first-order valence-electron chi connectivity index (χ1n) is 10.3. The molecule has 0 aliphatic carbocycles. The van der Waals surface area contributed by atoms with Gasteiger partial charge in [0.05, 0.1) is 6.42 Å². The summed E-state index contributed by atoms with van der Waals surface area (Å²) in [5.41, 5.74) is 3.58. The molecule has 0 fully saturated rings. The number of carboxylic acid groups (broad SMARTS) is 1. The number of benzene rings is 2. The van der Waals surface area contributed by atoms with Crippen LogP contribution in [0.4, 0.5) is 0 Å². The number of aliphatic carboxylic acids is 1. The summed E-state index contributed by atoms with van der Waals surface area (Å²) in [5.74, 6) is -0.914. The predicted molar refractivity (Wildman–Crippen MR) is 124 cm³/mol. The van der Waals surface area contributed by atoms with Gasteiger partial charge in [0.15, 0.2) is 0 Å². The van der Waals surface area contributed by atoms with Crippen LogP contribution in [0.15, 0.2) is 70.3 Å². The summed E-state index contributed by atoms with van der Waals surface area (Å²) in [4.78, 5) is 11.0. The second-order valence-electron chi connectivity index (χ2n) is 7.52. The lowest BCUT2D eigenvalue weighted by Crippen LogP contribution is -2.29. The van der Waals surface area contributed by atoms with Gasteiger partial charge in [-0.15, -0.1) is 11.3 Å². The van der Waals surface area contributed by atoms with E-state index >= 15 is 0 Å². The first kappa shape index (κ1) is 23.2. The molecule has 31 heavy (non-hydrogen) atoms. The summed E-state index contributed by atoms with van der Waals surface area (Å²) >= 11 is 1.20. The van der Waals surface area contributed by atoms with Crippen LogP contribution in [0.2, 0.25) is 0 Å². The number of aryl methyl sites for hydroxylation is 1. The van der Waals surface area contributed by atoms with Crippen LogP contribution < -0.4 is 0 Å². The van der Waals surface area contributed by atoms with Gasteiger partial charge in [0.1, 0.15) is 4.21 Å². The van der Waals surface area contributed by atoms with Crippen molar-refractivity contribution in [3.05, 3.63) is 88.3 Å². The molecule has 0 saturated carbocycles. The van der Waals surface area contributed by atoms with Gasteiger partial charge in [-0.2, -0.15) is 4.31 Å². The summed E-state index contributed by atoms with van der Waals surface area (Å²) in [5, 5.41) is 10.8. The molecular weight excluding hydrogens is 430 g/mol. The molecule has 0 aliphatic heterocycles. The summed E-state index contributed by atoms with van der Waals surface area (Å²) in [6.45, 7) is 2.58. The van der Waals surface area contributed by atoms with E-state index in [9.17, 15) is 13.2 Å². The van der Waals surface area contributed by atoms with E-state index in [0.717, 1.165) is 30.4 Å². The lowest BCUT2D eigenvalue weighted by molar-refractivity contribution is -0.136. The number of nitrogens with zero attached hydrogens (tertiary/aromatic N) is 1. The van der Waals surface area contributed by atoms with Crippen LogP contribution in [-0.4, -0.2) is 23.8 Å². The molecular formula is C24H27NO4S2. The predicted octanol–water partition coefficient (Wildman–Crippen LogP) is 5.11. The SMILES string of the molecule is CCCCc1ccc(CN(Cc2cccc(CC(=O)O)c2)S(=O)(=O)c2cccs2)cc1. The van der Waals surface area contributed by atoms with E-state index in [0.29, 0.717) is 9.77 Å². The van der Waals surface area contributed by atoms with Crippen LogP contribution in [0.3, 0.4) is 0 Å². The van der Waals surface area contributed by atoms with E-state index in [4.69, 9.17) is 5.11 Å². The van der Waals surface area contributed by atoms with Crippen molar-refractivity contribution in [2.75, 3.05) is 0 Å². The Labute approximate surface area is 188 Å². The Morgan fingerprint density at radius 3 is 2.26 bits per heavy atom. The smallest absolute Gasteiger partial charge is 0.307 e. The van der Waals surface area contributed by atoms with Crippen LogP contribution in [-0.2, 0) is 40.7 Å². The number of hydrogen-bond donors (Lipinski definition) is 1. The third-order valence-corrected chi connectivity index (χ3v) is 8.16. The second kappa shape index (κ2) is 10.7. The van der Waals surface area contributed by atoms with Crippen LogP contribution in [0.5, 0.6) is 0 Å². The molecule has 1 N–H and O–H groups in total. The molecule has 5 nitrogen and oxygen atoms in total. The number of thiophene rings is 1. The maximum atomic E-state index is 13.3. The third-order valence-electron chi connectivity index (χ3n) is 5.00.